The van der Waals surface area contributed by atoms with Gasteiger partial charge in [-0.05, 0) is 24.0 Å². The number of carbonyl (C=O) groups is 1. The highest BCUT2D eigenvalue weighted by molar-refractivity contribution is 5.97. The van der Waals surface area contributed by atoms with Crippen LogP contribution >= 0.6 is 0 Å². The number of hydrogen-bond acceptors (Lipinski definition) is 3. The summed E-state index contributed by atoms with van der Waals surface area (Å²) in [4.78, 5) is 12.0. The van der Waals surface area contributed by atoms with E-state index in [2.05, 4.69) is 22.8 Å². The highest BCUT2D eigenvalue weighted by Crippen LogP contribution is 2.02. The summed E-state index contributed by atoms with van der Waals surface area (Å²) in [5, 5.41) is 14.9. The molecule has 0 aliphatic carbocycles. The highest BCUT2D eigenvalue weighted by atomic mass is 16.1. The molecule has 0 aliphatic rings. The number of aryl methyl sites for hydroxylation is 1. The van der Waals surface area contributed by atoms with Gasteiger partial charge in [0.05, 0.1) is 0 Å². The first-order valence-electron chi connectivity index (χ1n) is 7.99. The lowest BCUT2D eigenvalue weighted by atomic mass is 10.1. The maximum atomic E-state index is 12.0. The summed E-state index contributed by atoms with van der Waals surface area (Å²) in [6.45, 7) is 1.12. The van der Waals surface area contributed by atoms with Crippen LogP contribution in [0.3, 0.4) is 0 Å². The molecule has 2 aromatic carbocycles. The fourth-order valence-corrected chi connectivity index (χ4v) is 2.24. The molecule has 4 nitrogen and oxygen atoms in total. The normalized spacial score (nSPS) is 10.7. The fourth-order valence-electron chi connectivity index (χ4n) is 2.24. The van der Waals surface area contributed by atoms with Gasteiger partial charge < -0.3 is 10.6 Å². The van der Waals surface area contributed by atoms with Gasteiger partial charge in [0.1, 0.15) is 11.6 Å². The van der Waals surface area contributed by atoms with Gasteiger partial charge in [-0.25, -0.2) is 0 Å². The molecule has 0 saturated heterocycles. The second kappa shape index (κ2) is 9.86. The predicted octanol–water partition coefficient (Wildman–Crippen LogP) is 2.93. The molecular formula is C20H21N3O. The number of nitrogens with zero attached hydrogens (tertiary/aromatic N) is 1. The van der Waals surface area contributed by atoms with E-state index in [4.69, 9.17) is 5.26 Å². The van der Waals surface area contributed by atoms with Crippen LogP contribution in [0.1, 0.15) is 17.5 Å². The van der Waals surface area contributed by atoms with Crippen molar-refractivity contribution in [1.29, 1.82) is 5.26 Å². The SMILES string of the molecule is N#C/C(=C/NCCCc1ccccc1)C(=O)NCc1ccccc1. The van der Waals surface area contributed by atoms with Crippen molar-refractivity contribution in [1.82, 2.24) is 10.6 Å². The molecule has 0 radical (unpaired) electrons. The number of benzene rings is 2. The molecule has 0 saturated carbocycles. The van der Waals surface area contributed by atoms with Crippen molar-refractivity contribution < 1.29 is 4.79 Å². The third-order valence-electron chi connectivity index (χ3n) is 3.54. The lowest BCUT2D eigenvalue weighted by Gasteiger charge is -2.05. The average molecular weight is 319 g/mol. The van der Waals surface area contributed by atoms with Crippen LogP contribution in [0, 0.1) is 11.3 Å². The minimum Gasteiger partial charge on any atom is -0.390 e. The van der Waals surface area contributed by atoms with E-state index in [1.807, 2.05) is 54.6 Å². The van der Waals surface area contributed by atoms with E-state index >= 15 is 0 Å². The number of hydrogen-bond donors (Lipinski definition) is 2. The van der Waals surface area contributed by atoms with E-state index in [0.29, 0.717) is 13.1 Å². The minimum absolute atomic E-state index is 0.0886. The summed E-state index contributed by atoms with van der Waals surface area (Å²) in [6.07, 6.45) is 3.39. The van der Waals surface area contributed by atoms with E-state index in [9.17, 15) is 4.79 Å². The van der Waals surface area contributed by atoms with E-state index < -0.39 is 0 Å². The number of nitrogens with one attached hydrogen (secondary N) is 2. The van der Waals surface area contributed by atoms with Crippen LogP contribution in [0.2, 0.25) is 0 Å². The minimum atomic E-state index is -0.364. The zero-order chi connectivity index (χ0) is 17.0. The van der Waals surface area contributed by atoms with Crippen molar-refractivity contribution in [3.63, 3.8) is 0 Å². The van der Waals surface area contributed by atoms with Crippen molar-refractivity contribution in [2.45, 2.75) is 19.4 Å². The van der Waals surface area contributed by atoms with Crippen LogP contribution in [0.4, 0.5) is 0 Å². The van der Waals surface area contributed by atoms with Crippen LogP contribution in [0.25, 0.3) is 0 Å². The summed E-state index contributed by atoms with van der Waals surface area (Å²) in [6, 6.07) is 21.8. The highest BCUT2D eigenvalue weighted by Gasteiger charge is 2.07. The summed E-state index contributed by atoms with van der Waals surface area (Å²) >= 11 is 0. The van der Waals surface area contributed by atoms with Crippen LogP contribution in [0.15, 0.2) is 72.4 Å². The Morgan fingerprint density at radius 1 is 1.00 bits per heavy atom. The molecule has 24 heavy (non-hydrogen) atoms. The summed E-state index contributed by atoms with van der Waals surface area (Å²) in [7, 11) is 0. The van der Waals surface area contributed by atoms with Crippen molar-refractivity contribution in [2.24, 2.45) is 0 Å². The number of nitriles is 1. The molecule has 0 fully saturated rings. The maximum Gasteiger partial charge on any atom is 0.263 e. The average Bonchev–Trinajstić information content (AvgIpc) is 2.64. The fraction of sp³-hybridized carbons (Fsp3) is 0.200. The largest absolute Gasteiger partial charge is 0.390 e. The van der Waals surface area contributed by atoms with Gasteiger partial charge in [-0.1, -0.05) is 60.7 Å². The van der Waals surface area contributed by atoms with Crippen LogP contribution in [0.5, 0.6) is 0 Å². The summed E-state index contributed by atoms with van der Waals surface area (Å²) < 4.78 is 0. The van der Waals surface area contributed by atoms with Gasteiger partial charge >= 0.3 is 0 Å². The first-order chi connectivity index (χ1) is 11.8. The molecule has 0 spiro atoms. The molecular weight excluding hydrogens is 298 g/mol. The molecule has 4 heteroatoms. The Bertz CT molecular complexity index is 703. The standard InChI is InChI=1S/C20H21N3O/c21-14-19(20(24)23-15-18-10-5-2-6-11-18)16-22-13-7-12-17-8-3-1-4-9-17/h1-6,8-11,16,22H,7,12-13,15H2,(H,23,24)/b19-16-. The number of amides is 1. The molecule has 0 atom stereocenters. The summed E-state index contributed by atoms with van der Waals surface area (Å²) in [5.41, 5.74) is 2.37. The van der Waals surface area contributed by atoms with Gasteiger partial charge in [0, 0.05) is 19.3 Å². The Morgan fingerprint density at radius 3 is 2.25 bits per heavy atom. The van der Waals surface area contributed by atoms with Crippen molar-refractivity contribution >= 4 is 5.91 Å². The third kappa shape index (κ3) is 5.98. The molecule has 0 heterocycles. The molecule has 0 aliphatic heterocycles. The number of rotatable bonds is 8. The molecule has 2 rings (SSSR count). The van der Waals surface area contributed by atoms with E-state index in [0.717, 1.165) is 18.4 Å². The first-order valence-corrected chi connectivity index (χ1v) is 7.99. The van der Waals surface area contributed by atoms with Crippen LogP contribution in [-0.2, 0) is 17.8 Å². The third-order valence-corrected chi connectivity index (χ3v) is 3.54. The van der Waals surface area contributed by atoms with Crippen molar-refractivity contribution in [2.75, 3.05) is 6.54 Å². The van der Waals surface area contributed by atoms with Gasteiger partial charge in [0.15, 0.2) is 0 Å². The Hall–Kier alpha value is -3.06. The van der Waals surface area contributed by atoms with E-state index in [1.165, 1.54) is 11.8 Å². The molecule has 0 bridgehead atoms. The first kappa shape index (κ1) is 17.3. The van der Waals surface area contributed by atoms with Crippen molar-refractivity contribution in [3.8, 4) is 6.07 Å². The van der Waals surface area contributed by atoms with Crippen LogP contribution < -0.4 is 10.6 Å². The van der Waals surface area contributed by atoms with Gasteiger partial charge in [0.25, 0.3) is 5.91 Å². The molecule has 0 unspecified atom stereocenters. The monoisotopic (exact) mass is 319 g/mol. The Kier molecular flexibility index (Phi) is 7.10. The topological polar surface area (TPSA) is 64.9 Å². The Balaban J connectivity index is 1.72. The molecule has 122 valence electrons. The maximum absolute atomic E-state index is 12.0. The Labute approximate surface area is 142 Å². The van der Waals surface area contributed by atoms with E-state index in [-0.39, 0.29) is 11.5 Å². The zero-order valence-electron chi connectivity index (χ0n) is 13.5. The lowest BCUT2D eigenvalue weighted by molar-refractivity contribution is -0.117. The predicted molar refractivity (Wildman–Crippen MR) is 94.8 cm³/mol. The molecule has 2 aromatic rings. The summed E-state index contributed by atoms with van der Waals surface area (Å²) in [5.74, 6) is -0.364. The smallest absolute Gasteiger partial charge is 0.263 e. The Morgan fingerprint density at radius 2 is 1.62 bits per heavy atom. The van der Waals surface area contributed by atoms with Gasteiger partial charge in [-0.2, -0.15) is 5.26 Å². The number of carbonyl (C=O) groups excluding carboxylic acids is 1. The zero-order valence-corrected chi connectivity index (χ0v) is 13.5. The van der Waals surface area contributed by atoms with Crippen LogP contribution in [-0.4, -0.2) is 12.5 Å². The lowest BCUT2D eigenvalue weighted by Crippen LogP contribution is -2.25. The quantitative estimate of drug-likeness (QED) is 0.447. The van der Waals surface area contributed by atoms with Gasteiger partial charge in [-0.3, -0.25) is 4.79 Å². The molecule has 1 amide bonds. The second-order valence-electron chi connectivity index (χ2n) is 5.38. The molecule has 0 aromatic heterocycles. The second-order valence-corrected chi connectivity index (χ2v) is 5.38. The molecule has 2 N–H and O–H groups in total. The van der Waals surface area contributed by atoms with E-state index in [1.54, 1.807) is 0 Å². The van der Waals surface area contributed by atoms with Gasteiger partial charge in [0.2, 0.25) is 0 Å². The van der Waals surface area contributed by atoms with Gasteiger partial charge in [-0.15, -0.1) is 0 Å². The van der Waals surface area contributed by atoms with Crippen molar-refractivity contribution in [3.05, 3.63) is 83.6 Å².